The first-order valence-electron chi connectivity index (χ1n) is 8.80. The molecule has 1 aromatic heterocycles. The van der Waals surface area contributed by atoms with Crippen LogP contribution < -0.4 is 5.32 Å². The van der Waals surface area contributed by atoms with Gasteiger partial charge in [-0.05, 0) is 38.9 Å². The number of nitrogens with one attached hydrogen (secondary N) is 1. The van der Waals surface area contributed by atoms with E-state index in [-0.39, 0.29) is 5.91 Å². The molecule has 5 heteroatoms. The van der Waals surface area contributed by atoms with Crippen molar-refractivity contribution >= 4 is 17.2 Å². The number of benzene rings is 1. The van der Waals surface area contributed by atoms with Gasteiger partial charge in [0.15, 0.2) is 0 Å². The molecule has 128 valence electrons. The van der Waals surface area contributed by atoms with Gasteiger partial charge in [-0.15, -0.1) is 11.3 Å². The van der Waals surface area contributed by atoms with Crippen molar-refractivity contribution in [3.8, 4) is 10.6 Å². The molecule has 0 saturated carbocycles. The monoisotopic (exact) mass is 343 g/mol. The highest BCUT2D eigenvalue weighted by Gasteiger charge is 2.11. The maximum atomic E-state index is 12.0. The molecule has 4 nitrogen and oxygen atoms in total. The third-order valence-electron chi connectivity index (χ3n) is 4.34. The van der Waals surface area contributed by atoms with Crippen molar-refractivity contribution in [2.75, 3.05) is 26.2 Å². The lowest BCUT2D eigenvalue weighted by Gasteiger charge is -2.26. The van der Waals surface area contributed by atoms with Crippen LogP contribution in [0.25, 0.3) is 10.6 Å². The van der Waals surface area contributed by atoms with E-state index in [0.29, 0.717) is 6.42 Å². The van der Waals surface area contributed by atoms with Crippen molar-refractivity contribution in [1.82, 2.24) is 15.2 Å². The summed E-state index contributed by atoms with van der Waals surface area (Å²) < 4.78 is 0. The lowest BCUT2D eigenvalue weighted by Crippen LogP contribution is -2.33. The molecule has 1 amide bonds. The summed E-state index contributed by atoms with van der Waals surface area (Å²) in [5.41, 5.74) is 1.96. The van der Waals surface area contributed by atoms with Crippen LogP contribution in [0.5, 0.6) is 0 Å². The first-order chi connectivity index (χ1) is 11.8. The summed E-state index contributed by atoms with van der Waals surface area (Å²) in [6.45, 7) is 4.28. The highest BCUT2D eigenvalue weighted by Crippen LogP contribution is 2.23. The quantitative estimate of drug-likeness (QED) is 0.784. The van der Waals surface area contributed by atoms with Gasteiger partial charge in [-0.1, -0.05) is 36.8 Å². The third kappa shape index (κ3) is 5.14. The maximum Gasteiger partial charge on any atom is 0.226 e. The van der Waals surface area contributed by atoms with Crippen molar-refractivity contribution in [1.29, 1.82) is 0 Å². The molecule has 1 aliphatic heterocycles. The van der Waals surface area contributed by atoms with E-state index in [1.165, 1.54) is 32.4 Å². The number of rotatable bonds is 7. The Hall–Kier alpha value is -1.72. The highest BCUT2D eigenvalue weighted by atomic mass is 32.1. The minimum Gasteiger partial charge on any atom is -0.356 e. The number of piperidine rings is 1. The number of carbonyl (C=O) groups is 1. The Morgan fingerprint density at radius 2 is 1.96 bits per heavy atom. The van der Waals surface area contributed by atoms with Gasteiger partial charge in [-0.2, -0.15) is 0 Å². The van der Waals surface area contributed by atoms with E-state index in [0.717, 1.165) is 35.8 Å². The van der Waals surface area contributed by atoms with E-state index in [1.807, 2.05) is 35.7 Å². The lowest BCUT2D eigenvalue weighted by atomic mass is 10.1. The van der Waals surface area contributed by atoms with Crippen LogP contribution >= 0.6 is 11.3 Å². The van der Waals surface area contributed by atoms with Gasteiger partial charge >= 0.3 is 0 Å². The van der Waals surface area contributed by atoms with E-state index in [2.05, 4.69) is 15.2 Å². The number of hydrogen-bond donors (Lipinski definition) is 1. The van der Waals surface area contributed by atoms with E-state index >= 15 is 0 Å². The minimum absolute atomic E-state index is 0.0681. The van der Waals surface area contributed by atoms with Crippen LogP contribution in [0.1, 0.15) is 31.4 Å². The molecule has 0 unspecified atom stereocenters. The van der Waals surface area contributed by atoms with Crippen molar-refractivity contribution in [3.63, 3.8) is 0 Å². The number of amides is 1. The molecule has 0 radical (unpaired) electrons. The summed E-state index contributed by atoms with van der Waals surface area (Å²) in [6, 6.07) is 10.1. The van der Waals surface area contributed by atoms with Crippen molar-refractivity contribution in [2.24, 2.45) is 0 Å². The Labute approximate surface area is 147 Å². The third-order valence-corrected chi connectivity index (χ3v) is 5.28. The highest BCUT2D eigenvalue weighted by molar-refractivity contribution is 7.13. The SMILES string of the molecule is O=C(Cc1csc(-c2ccccc2)n1)NCCCN1CCCCC1. The molecule has 24 heavy (non-hydrogen) atoms. The Kier molecular flexibility index (Phi) is 6.38. The Bertz CT molecular complexity index is 635. The molecule has 1 fully saturated rings. The standard InChI is InChI=1S/C19H25N3OS/c23-18(20-10-7-13-22-11-5-2-6-12-22)14-17-15-24-19(21-17)16-8-3-1-4-9-16/h1,3-4,8-9,15H,2,5-7,10-14H2,(H,20,23). The molecular weight excluding hydrogens is 318 g/mol. The number of carbonyl (C=O) groups excluding carboxylic acids is 1. The molecule has 3 rings (SSSR count). The van der Waals surface area contributed by atoms with Crippen LogP contribution in [0.3, 0.4) is 0 Å². The molecule has 2 heterocycles. The second-order valence-electron chi connectivity index (χ2n) is 6.29. The van der Waals surface area contributed by atoms with Gasteiger partial charge < -0.3 is 10.2 Å². The molecule has 0 spiro atoms. The number of likely N-dealkylation sites (tertiary alicyclic amines) is 1. The molecule has 0 bridgehead atoms. The summed E-state index contributed by atoms with van der Waals surface area (Å²) in [6.07, 6.45) is 5.40. The Morgan fingerprint density at radius 3 is 2.75 bits per heavy atom. The van der Waals surface area contributed by atoms with Crippen molar-refractivity contribution in [2.45, 2.75) is 32.1 Å². The predicted octanol–water partition coefficient (Wildman–Crippen LogP) is 3.34. The average molecular weight is 343 g/mol. The first kappa shape index (κ1) is 17.1. The molecule has 1 aromatic carbocycles. The Morgan fingerprint density at radius 1 is 1.17 bits per heavy atom. The van der Waals surface area contributed by atoms with E-state index in [9.17, 15) is 4.79 Å². The summed E-state index contributed by atoms with van der Waals surface area (Å²) in [4.78, 5) is 19.1. The number of nitrogens with zero attached hydrogens (tertiary/aromatic N) is 2. The van der Waals surface area contributed by atoms with Gasteiger partial charge in [0.25, 0.3) is 0 Å². The Balaban J connectivity index is 1.38. The normalized spacial score (nSPS) is 15.3. The fourth-order valence-electron chi connectivity index (χ4n) is 3.04. The number of thiazole rings is 1. The van der Waals surface area contributed by atoms with Crippen LogP contribution in [-0.2, 0) is 11.2 Å². The molecule has 1 N–H and O–H groups in total. The molecular formula is C19H25N3OS. The average Bonchev–Trinajstić information content (AvgIpc) is 3.09. The summed E-state index contributed by atoms with van der Waals surface area (Å²) in [5.74, 6) is 0.0681. The van der Waals surface area contributed by atoms with E-state index < -0.39 is 0 Å². The maximum absolute atomic E-state index is 12.0. The van der Waals surface area contributed by atoms with Gasteiger partial charge in [-0.3, -0.25) is 4.79 Å². The smallest absolute Gasteiger partial charge is 0.226 e. The summed E-state index contributed by atoms with van der Waals surface area (Å²) in [7, 11) is 0. The van der Waals surface area contributed by atoms with Crippen molar-refractivity contribution < 1.29 is 4.79 Å². The van der Waals surface area contributed by atoms with Gasteiger partial charge in [0.1, 0.15) is 5.01 Å². The molecule has 1 aliphatic rings. The summed E-state index contributed by atoms with van der Waals surface area (Å²) >= 11 is 1.59. The second kappa shape index (κ2) is 8.94. The number of aromatic nitrogens is 1. The van der Waals surface area contributed by atoms with Gasteiger partial charge in [-0.25, -0.2) is 4.98 Å². The number of hydrogen-bond acceptors (Lipinski definition) is 4. The van der Waals surface area contributed by atoms with Crippen molar-refractivity contribution in [3.05, 3.63) is 41.4 Å². The zero-order valence-electron chi connectivity index (χ0n) is 14.0. The van der Waals surface area contributed by atoms with Crippen LogP contribution in [-0.4, -0.2) is 42.0 Å². The van der Waals surface area contributed by atoms with Crippen LogP contribution in [0.2, 0.25) is 0 Å². The molecule has 0 aliphatic carbocycles. The summed E-state index contributed by atoms with van der Waals surface area (Å²) in [5, 5.41) is 5.98. The second-order valence-corrected chi connectivity index (χ2v) is 7.15. The topological polar surface area (TPSA) is 45.2 Å². The lowest BCUT2D eigenvalue weighted by molar-refractivity contribution is -0.120. The fourth-order valence-corrected chi connectivity index (χ4v) is 3.87. The fraction of sp³-hybridized carbons (Fsp3) is 0.474. The first-order valence-corrected chi connectivity index (χ1v) is 9.68. The van der Waals surface area contributed by atoms with Gasteiger partial charge in [0.05, 0.1) is 12.1 Å². The minimum atomic E-state index is 0.0681. The van der Waals surface area contributed by atoms with Crippen LogP contribution in [0, 0.1) is 0 Å². The van der Waals surface area contributed by atoms with Crippen LogP contribution in [0.4, 0.5) is 0 Å². The molecule has 2 aromatic rings. The molecule has 1 saturated heterocycles. The largest absolute Gasteiger partial charge is 0.356 e. The van der Waals surface area contributed by atoms with E-state index in [4.69, 9.17) is 0 Å². The zero-order valence-corrected chi connectivity index (χ0v) is 14.9. The van der Waals surface area contributed by atoms with E-state index in [1.54, 1.807) is 11.3 Å². The zero-order chi connectivity index (χ0) is 16.6. The van der Waals surface area contributed by atoms with Crippen LogP contribution in [0.15, 0.2) is 35.7 Å². The van der Waals surface area contributed by atoms with Gasteiger partial charge in [0, 0.05) is 17.5 Å². The predicted molar refractivity (Wildman–Crippen MR) is 99.2 cm³/mol. The molecule has 0 atom stereocenters. The van der Waals surface area contributed by atoms with Gasteiger partial charge in [0.2, 0.25) is 5.91 Å².